The molecule has 2 unspecified atom stereocenters. The van der Waals surface area contributed by atoms with Crippen LogP contribution < -0.4 is 31.1 Å². The number of rotatable bonds is 8. The van der Waals surface area contributed by atoms with Gasteiger partial charge in [-0.1, -0.05) is 23.7 Å². The first-order valence-electron chi connectivity index (χ1n) is 21.9. The van der Waals surface area contributed by atoms with Gasteiger partial charge in [-0.25, -0.2) is 13.8 Å². The van der Waals surface area contributed by atoms with E-state index >= 15 is 8.78 Å². The van der Waals surface area contributed by atoms with Crippen LogP contribution in [0.15, 0.2) is 47.4 Å². The number of halogens is 3. The Labute approximate surface area is 362 Å². The van der Waals surface area contributed by atoms with Crippen LogP contribution >= 0.6 is 11.6 Å². The number of aryl methyl sites for hydroxylation is 2. The number of nitrogens with one attached hydrogen (secondary N) is 3. The Kier molecular flexibility index (Phi) is 10.4. The molecule has 3 atom stereocenters. The first-order valence-corrected chi connectivity index (χ1v) is 22.2. The van der Waals surface area contributed by atoms with Gasteiger partial charge in [0.25, 0.3) is 5.56 Å². The van der Waals surface area contributed by atoms with Gasteiger partial charge in [-0.3, -0.25) is 24.4 Å². The molecule has 2 aromatic carbocycles. The Morgan fingerprint density at radius 2 is 1.71 bits per heavy atom. The number of piperidine rings is 3. The average molecular weight is 869 g/mol. The van der Waals surface area contributed by atoms with Crippen LogP contribution in [0.2, 0.25) is 5.02 Å². The third-order valence-electron chi connectivity index (χ3n) is 14.2. The Morgan fingerprint density at radius 1 is 0.935 bits per heavy atom. The lowest BCUT2D eigenvalue weighted by molar-refractivity contribution is -0.134. The van der Waals surface area contributed by atoms with Gasteiger partial charge in [-0.15, -0.1) is 0 Å². The zero-order valence-electron chi connectivity index (χ0n) is 35.1. The van der Waals surface area contributed by atoms with Crippen molar-refractivity contribution < 1.29 is 23.1 Å². The maximum Gasteiger partial charge on any atom is 0.301 e. The van der Waals surface area contributed by atoms with Gasteiger partial charge in [-0.2, -0.15) is 10.1 Å². The number of fused-ring (bicyclic) bond motifs is 4. The summed E-state index contributed by atoms with van der Waals surface area (Å²) in [5.41, 5.74) is 4.07. The first-order chi connectivity index (χ1) is 29.8. The van der Waals surface area contributed by atoms with Crippen LogP contribution in [0.25, 0.3) is 21.8 Å². The maximum absolute atomic E-state index is 15.2. The van der Waals surface area contributed by atoms with Crippen LogP contribution in [0, 0.1) is 11.8 Å². The molecule has 3 aromatic heterocycles. The fourth-order valence-corrected chi connectivity index (χ4v) is 10.4. The number of pyridine rings is 1. The predicted octanol–water partition coefficient (Wildman–Crippen LogP) is 6.84. The Hall–Kier alpha value is -5.35. The number of benzene rings is 2. The van der Waals surface area contributed by atoms with Gasteiger partial charge in [0, 0.05) is 56.1 Å². The molecule has 5 aromatic rings. The van der Waals surface area contributed by atoms with Gasteiger partial charge in [0.2, 0.25) is 23.5 Å². The Balaban J connectivity index is 0.776. The molecule has 3 saturated heterocycles. The third-order valence-corrected chi connectivity index (χ3v) is 14.4. The third kappa shape index (κ3) is 7.41. The number of alkyl halides is 2. The van der Waals surface area contributed by atoms with Crippen molar-refractivity contribution in [3.05, 3.63) is 69.2 Å². The lowest BCUT2D eigenvalue weighted by Crippen LogP contribution is -2.47. The molecule has 7 heterocycles. The van der Waals surface area contributed by atoms with Crippen molar-refractivity contribution in [2.75, 3.05) is 48.3 Å². The van der Waals surface area contributed by atoms with Gasteiger partial charge in [-0.05, 0) is 113 Å². The summed E-state index contributed by atoms with van der Waals surface area (Å²) in [4.78, 5) is 51.9. The molecule has 10 rings (SSSR count). The van der Waals surface area contributed by atoms with Crippen molar-refractivity contribution in [1.29, 1.82) is 0 Å². The second-order valence-corrected chi connectivity index (χ2v) is 18.4. The van der Waals surface area contributed by atoms with E-state index in [0.717, 1.165) is 68.5 Å². The van der Waals surface area contributed by atoms with Crippen LogP contribution in [-0.2, 0) is 23.7 Å². The van der Waals surface area contributed by atoms with E-state index in [1.807, 2.05) is 23.9 Å². The number of hydrogen-bond acceptors (Lipinski definition) is 11. The van der Waals surface area contributed by atoms with E-state index in [4.69, 9.17) is 26.4 Å². The molecule has 0 radical (unpaired) electrons. The molecule has 1 aliphatic carbocycles. The number of carbonyl (C=O) groups excluding carboxylic acids is 2. The number of ether oxygens (including phenoxy) is 1. The van der Waals surface area contributed by atoms with E-state index in [0.29, 0.717) is 76.9 Å². The maximum atomic E-state index is 15.2. The molecule has 17 heteroatoms. The first kappa shape index (κ1) is 40.7. The quantitative estimate of drug-likeness (QED) is 0.141. The fraction of sp³-hybridized carbons (Fsp3) is 0.511. The van der Waals surface area contributed by atoms with Crippen molar-refractivity contribution in [2.24, 2.45) is 25.9 Å². The SMILES string of the molecule is CC(C1CCN(c2ncc(Cl)c(Nc3ccc4c(c3)c3c(c(=O)n4C)OCC(F)(F)[C@H](C4CC4)N3)n2)CC1)N1CCC(c2ccc3c(C4CCC(=O)NC4=O)nn(C)c3c2)CC1. The number of carbonyl (C=O) groups is 2. The monoisotopic (exact) mass is 868 g/mol. The van der Waals surface area contributed by atoms with Gasteiger partial charge in [0.1, 0.15) is 5.02 Å². The van der Waals surface area contributed by atoms with Crippen molar-refractivity contribution in [3.8, 4) is 5.75 Å². The second kappa shape index (κ2) is 15.8. The highest BCUT2D eigenvalue weighted by atomic mass is 35.5. The number of nitrogens with zero attached hydrogens (tertiary/aromatic N) is 7. The van der Waals surface area contributed by atoms with Crippen LogP contribution in [0.5, 0.6) is 5.75 Å². The molecular weight excluding hydrogens is 818 g/mol. The Morgan fingerprint density at radius 3 is 2.45 bits per heavy atom. The number of aromatic nitrogens is 5. The molecule has 1 saturated carbocycles. The topological polar surface area (TPSA) is 152 Å². The minimum Gasteiger partial charge on any atom is -0.480 e. The van der Waals surface area contributed by atoms with E-state index < -0.39 is 30.0 Å². The van der Waals surface area contributed by atoms with Gasteiger partial charge in [0.05, 0.1) is 40.6 Å². The van der Waals surface area contributed by atoms with Gasteiger partial charge >= 0.3 is 5.92 Å². The van der Waals surface area contributed by atoms with E-state index in [-0.39, 0.29) is 29.2 Å². The van der Waals surface area contributed by atoms with Gasteiger partial charge < -0.3 is 29.7 Å². The summed E-state index contributed by atoms with van der Waals surface area (Å²) in [5, 5.41) is 15.5. The largest absolute Gasteiger partial charge is 0.480 e. The van der Waals surface area contributed by atoms with E-state index in [1.54, 1.807) is 19.3 Å². The molecule has 4 aliphatic heterocycles. The Bertz CT molecular complexity index is 2650. The highest BCUT2D eigenvalue weighted by Gasteiger charge is 2.51. The molecule has 326 valence electrons. The summed E-state index contributed by atoms with van der Waals surface area (Å²) in [6.45, 7) is 5.18. The highest BCUT2D eigenvalue weighted by molar-refractivity contribution is 6.33. The van der Waals surface area contributed by atoms with E-state index in [1.165, 1.54) is 10.1 Å². The standard InChI is InChI=1S/C45H51ClF2N10O4/c1-24(57-16-14-26(15-17-57)28-6-8-30-35(20-28)56(3)54-37(30)31-9-11-36(59)51-42(31)60)25-12-18-58(19-13-25)44-49-22-33(46)41(53-44)50-29-7-10-34-32(21-29)38-39(43(61)55(34)2)62-23-45(47,48)40(52-38)27-4-5-27/h6-8,10,20-22,24-27,31,40,52H,4-5,9,11-19,23H2,1-3H3,(H,49,50,53)(H,51,59,60)/t24?,31?,40-/m0/s1. The lowest BCUT2D eigenvalue weighted by atomic mass is 9.85. The zero-order valence-corrected chi connectivity index (χ0v) is 35.9. The summed E-state index contributed by atoms with van der Waals surface area (Å²) in [5.74, 6) is -2.33. The summed E-state index contributed by atoms with van der Waals surface area (Å²) in [6.07, 6.45) is 7.97. The minimum atomic E-state index is -3.13. The molecule has 5 aliphatic rings. The molecule has 0 spiro atoms. The van der Waals surface area contributed by atoms with Crippen LogP contribution in [-0.4, -0.2) is 91.8 Å². The van der Waals surface area contributed by atoms with Crippen LogP contribution in [0.3, 0.4) is 0 Å². The second-order valence-electron chi connectivity index (χ2n) is 18.0. The number of amides is 2. The summed E-state index contributed by atoms with van der Waals surface area (Å²) in [7, 11) is 3.53. The molecule has 4 fully saturated rings. The normalized spacial score (nSPS) is 23.1. The van der Waals surface area contributed by atoms with Crippen molar-refractivity contribution in [1.82, 2.24) is 34.5 Å². The van der Waals surface area contributed by atoms with Crippen molar-refractivity contribution in [3.63, 3.8) is 0 Å². The van der Waals surface area contributed by atoms with E-state index in [2.05, 4.69) is 55.9 Å². The zero-order chi connectivity index (χ0) is 43.0. The minimum absolute atomic E-state index is 0.104. The molecule has 14 nitrogen and oxygen atoms in total. The smallest absolute Gasteiger partial charge is 0.301 e. The summed E-state index contributed by atoms with van der Waals surface area (Å²) in [6, 6.07) is 11.3. The average Bonchev–Trinajstić information content (AvgIpc) is 4.08. The number of likely N-dealkylation sites (tertiary alicyclic amines) is 1. The van der Waals surface area contributed by atoms with Crippen molar-refractivity contribution in [2.45, 2.75) is 88.1 Å². The molecular formula is C45H51ClF2N10O4. The number of anilines is 4. The summed E-state index contributed by atoms with van der Waals surface area (Å²) < 4.78 is 39.2. The predicted molar refractivity (Wildman–Crippen MR) is 234 cm³/mol. The van der Waals surface area contributed by atoms with Crippen LogP contribution in [0.1, 0.15) is 81.4 Å². The lowest BCUT2D eigenvalue weighted by Gasteiger charge is -2.42. The molecule has 2 amide bonds. The number of imide groups is 1. The molecule has 3 N–H and O–H groups in total. The van der Waals surface area contributed by atoms with Crippen molar-refractivity contribution >= 4 is 68.4 Å². The fourth-order valence-electron chi connectivity index (χ4n) is 10.3. The van der Waals surface area contributed by atoms with Gasteiger partial charge in [0.15, 0.2) is 12.4 Å². The molecule has 0 bridgehead atoms. The number of hydrogen-bond donors (Lipinski definition) is 3. The van der Waals surface area contributed by atoms with Crippen LogP contribution in [0.4, 0.5) is 31.9 Å². The van der Waals surface area contributed by atoms with E-state index in [9.17, 15) is 14.4 Å². The highest BCUT2D eigenvalue weighted by Crippen LogP contribution is 2.46. The molecule has 62 heavy (non-hydrogen) atoms. The summed E-state index contributed by atoms with van der Waals surface area (Å²) >= 11 is 6.65.